The molecule has 0 spiro atoms. The highest BCUT2D eigenvalue weighted by atomic mass is 35.5. The minimum atomic E-state index is 0.700. The molecule has 0 atom stereocenters. The van der Waals surface area contributed by atoms with Gasteiger partial charge in [0.05, 0.1) is 0 Å². The van der Waals surface area contributed by atoms with Crippen molar-refractivity contribution in [2.24, 2.45) is 5.92 Å². The number of aryl methyl sites for hydroxylation is 2. The predicted octanol–water partition coefficient (Wildman–Crippen LogP) is 4.35. The van der Waals surface area contributed by atoms with Crippen molar-refractivity contribution in [3.05, 3.63) is 33.8 Å². The molecule has 0 aliphatic carbocycles. The Morgan fingerprint density at radius 3 is 2.81 bits per heavy atom. The fourth-order valence-corrected chi connectivity index (χ4v) is 3.28. The number of halogens is 1. The molecule has 0 aliphatic rings. The van der Waals surface area contributed by atoms with Crippen LogP contribution in [-0.2, 0) is 6.42 Å². The molecule has 114 valence electrons. The summed E-state index contributed by atoms with van der Waals surface area (Å²) in [5.74, 6) is 0.700. The van der Waals surface area contributed by atoms with Crippen molar-refractivity contribution in [3.8, 4) is 10.6 Å². The summed E-state index contributed by atoms with van der Waals surface area (Å²) in [5, 5.41) is 14.9. The number of aromatic nitrogens is 2. The summed E-state index contributed by atoms with van der Waals surface area (Å²) in [7, 11) is 0. The molecule has 0 fully saturated rings. The van der Waals surface area contributed by atoms with Crippen molar-refractivity contribution in [3.63, 3.8) is 0 Å². The Balaban J connectivity index is 1.89. The minimum Gasteiger partial charge on any atom is -0.316 e. The second-order valence-electron chi connectivity index (χ2n) is 5.66. The number of hydrogen-bond donors (Lipinski definition) is 1. The maximum absolute atomic E-state index is 5.99. The van der Waals surface area contributed by atoms with Gasteiger partial charge in [-0.05, 0) is 50.0 Å². The first kappa shape index (κ1) is 16.4. The molecule has 0 saturated heterocycles. The molecule has 2 rings (SSSR count). The number of nitrogens with zero attached hydrogens (tertiary/aromatic N) is 2. The zero-order valence-electron chi connectivity index (χ0n) is 12.8. The zero-order valence-corrected chi connectivity index (χ0v) is 14.4. The van der Waals surface area contributed by atoms with Gasteiger partial charge in [-0.2, -0.15) is 0 Å². The maximum atomic E-state index is 5.99. The first-order chi connectivity index (χ1) is 10.1. The summed E-state index contributed by atoms with van der Waals surface area (Å²) < 4.78 is 0. The normalized spacial score (nSPS) is 11.3. The zero-order chi connectivity index (χ0) is 15.2. The molecule has 5 heteroatoms. The van der Waals surface area contributed by atoms with E-state index in [4.69, 9.17) is 11.6 Å². The fourth-order valence-electron chi connectivity index (χ4n) is 2.09. The second kappa shape index (κ2) is 7.87. The van der Waals surface area contributed by atoms with E-state index in [9.17, 15) is 0 Å². The van der Waals surface area contributed by atoms with Crippen LogP contribution < -0.4 is 5.32 Å². The summed E-state index contributed by atoms with van der Waals surface area (Å²) in [4.78, 5) is 0. The molecular weight excluding hydrogens is 302 g/mol. The largest absolute Gasteiger partial charge is 0.316 e. The molecule has 0 saturated carbocycles. The van der Waals surface area contributed by atoms with E-state index in [0.29, 0.717) is 5.92 Å². The van der Waals surface area contributed by atoms with Crippen molar-refractivity contribution in [1.82, 2.24) is 15.5 Å². The summed E-state index contributed by atoms with van der Waals surface area (Å²) >= 11 is 7.67. The maximum Gasteiger partial charge on any atom is 0.148 e. The van der Waals surface area contributed by atoms with Gasteiger partial charge in [-0.15, -0.1) is 10.2 Å². The van der Waals surface area contributed by atoms with Gasteiger partial charge in [0.1, 0.15) is 10.0 Å². The average Bonchev–Trinajstić information content (AvgIpc) is 2.86. The first-order valence-corrected chi connectivity index (χ1v) is 8.55. The average molecular weight is 324 g/mol. The molecule has 2 aromatic rings. The van der Waals surface area contributed by atoms with Gasteiger partial charge in [0, 0.05) is 17.0 Å². The van der Waals surface area contributed by atoms with Gasteiger partial charge >= 0.3 is 0 Å². The van der Waals surface area contributed by atoms with Gasteiger partial charge in [-0.3, -0.25) is 0 Å². The lowest BCUT2D eigenvalue weighted by molar-refractivity contribution is 0.542. The van der Waals surface area contributed by atoms with Crippen LogP contribution >= 0.6 is 22.9 Å². The minimum absolute atomic E-state index is 0.700. The standard InChI is InChI=1S/C16H22ClN3S/c1-11(2)10-18-8-4-5-15-19-20-16(21-15)14-7-6-13(17)9-12(14)3/h6-7,9,11,18H,4-5,8,10H2,1-3H3. The van der Waals surface area contributed by atoms with E-state index in [1.165, 1.54) is 0 Å². The van der Waals surface area contributed by atoms with Crippen LogP contribution in [0.4, 0.5) is 0 Å². The van der Waals surface area contributed by atoms with Crippen LogP contribution in [0.1, 0.15) is 30.8 Å². The number of hydrogen-bond acceptors (Lipinski definition) is 4. The van der Waals surface area contributed by atoms with E-state index in [1.807, 2.05) is 18.2 Å². The molecule has 1 aromatic carbocycles. The van der Waals surface area contributed by atoms with Crippen LogP contribution in [0.2, 0.25) is 5.02 Å². The van der Waals surface area contributed by atoms with Gasteiger partial charge < -0.3 is 5.32 Å². The van der Waals surface area contributed by atoms with Crippen molar-refractivity contribution in [1.29, 1.82) is 0 Å². The smallest absolute Gasteiger partial charge is 0.148 e. The Kier molecular flexibility index (Phi) is 6.15. The molecule has 1 heterocycles. The third-order valence-electron chi connectivity index (χ3n) is 3.18. The third kappa shape index (κ3) is 5.06. The summed E-state index contributed by atoms with van der Waals surface area (Å²) in [6.45, 7) is 8.60. The van der Waals surface area contributed by atoms with Crippen LogP contribution in [0.25, 0.3) is 10.6 Å². The van der Waals surface area contributed by atoms with Crippen molar-refractivity contribution in [2.75, 3.05) is 13.1 Å². The van der Waals surface area contributed by atoms with E-state index < -0.39 is 0 Å². The summed E-state index contributed by atoms with van der Waals surface area (Å²) in [6.07, 6.45) is 2.08. The molecule has 0 bridgehead atoms. The van der Waals surface area contributed by atoms with Crippen LogP contribution in [0.3, 0.4) is 0 Å². The SMILES string of the molecule is Cc1cc(Cl)ccc1-c1nnc(CCCNCC(C)C)s1. The predicted molar refractivity (Wildman–Crippen MR) is 91.1 cm³/mol. The highest BCUT2D eigenvalue weighted by Crippen LogP contribution is 2.28. The molecule has 21 heavy (non-hydrogen) atoms. The van der Waals surface area contributed by atoms with Crippen LogP contribution in [0, 0.1) is 12.8 Å². The monoisotopic (exact) mass is 323 g/mol. The van der Waals surface area contributed by atoms with Gasteiger partial charge in [0.15, 0.2) is 0 Å². The third-order valence-corrected chi connectivity index (χ3v) is 4.43. The molecule has 0 aliphatic heterocycles. The van der Waals surface area contributed by atoms with Crippen LogP contribution in [-0.4, -0.2) is 23.3 Å². The van der Waals surface area contributed by atoms with Gasteiger partial charge in [-0.25, -0.2) is 0 Å². The lowest BCUT2D eigenvalue weighted by Gasteiger charge is -2.05. The van der Waals surface area contributed by atoms with Gasteiger partial charge in [0.2, 0.25) is 0 Å². The summed E-state index contributed by atoms with van der Waals surface area (Å²) in [5.41, 5.74) is 2.27. The number of benzene rings is 1. The number of nitrogens with one attached hydrogen (secondary N) is 1. The highest BCUT2D eigenvalue weighted by Gasteiger charge is 2.09. The van der Waals surface area contributed by atoms with Crippen LogP contribution in [0.5, 0.6) is 0 Å². The van der Waals surface area contributed by atoms with E-state index in [0.717, 1.165) is 52.1 Å². The quantitative estimate of drug-likeness (QED) is 0.770. The first-order valence-electron chi connectivity index (χ1n) is 7.36. The highest BCUT2D eigenvalue weighted by molar-refractivity contribution is 7.14. The molecule has 3 nitrogen and oxygen atoms in total. The van der Waals surface area contributed by atoms with E-state index >= 15 is 0 Å². The van der Waals surface area contributed by atoms with Crippen molar-refractivity contribution in [2.45, 2.75) is 33.6 Å². The Morgan fingerprint density at radius 1 is 1.29 bits per heavy atom. The Morgan fingerprint density at radius 2 is 2.10 bits per heavy atom. The second-order valence-corrected chi connectivity index (χ2v) is 7.16. The Hall–Kier alpha value is -0.970. The fraction of sp³-hybridized carbons (Fsp3) is 0.500. The van der Waals surface area contributed by atoms with Gasteiger partial charge in [-0.1, -0.05) is 42.9 Å². The Labute approximate surface area is 135 Å². The topological polar surface area (TPSA) is 37.8 Å². The van der Waals surface area contributed by atoms with Crippen molar-refractivity contribution < 1.29 is 0 Å². The lowest BCUT2D eigenvalue weighted by atomic mass is 10.1. The number of rotatable bonds is 7. The van der Waals surface area contributed by atoms with E-state index in [-0.39, 0.29) is 0 Å². The van der Waals surface area contributed by atoms with Gasteiger partial charge in [0.25, 0.3) is 0 Å². The van der Waals surface area contributed by atoms with Crippen molar-refractivity contribution >= 4 is 22.9 Å². The molecule has 0 unspecified atom stereocenters. The Bertz CT molecular complexity index is 581. The summed E-state index contributed by atoms with van der Waals surface area (Å²) in [6, 6.07) is 5.89. The lowest BCUT2D eigenvalue weighted by Crippen LogP contribution is -2.21. The van der Waals surface area contributed by atoms with E-state index in [1.54, 1.807) is 11.3 Å². The van der Waals surface area contributed by atoms with E-state index in [2.05, 4.69) is 36.3 Å². The molecule has 0 radical (unpaired) electrons. The van der Waals surface area contributed by atoms with Crippen LogP contribution in [0.15, 0.2) is 18.2 Å². The molecular formula is C16H22ClN3S. The molecule has 1 aromatic heterocycles. The molecule has 0 amide bonds. The molecule has 1 N–H and O–H groups in total.